The molecule has 2 aliphatic rings. The Bertz CT molecular complexity index is 1230. The van der Waals surface area contributed by atoms with Crippen LogP contribution in [0.2, 0.25) is 0 Å². The summed E-state index contributed by atoms with van der Waals surface area (Å²) in [5.41, 5.74) is 4.44. The van der Waals surface area contributed by atoms with Crippen molar-refractivity contribution in [3.63, 3.8) is 0 Å². The predicted octanol–water partition coefficient (Wildman–Crippen LogP) is 4.81. The second-order valence-electron chi connectivity index (χ2n) is 8.42. The van der Waals surface area contributed by atoms with Crippen molar-refractivity contribution in [3.8, 4) is 5.88 Å². The van der Waals surface area contributed by atoms with Gasteiger partial charge in [-0.3, -0.25) is 14.7 Å². The number of methoxy groups -OCH3 is 1. The molecule has 1 N–H and O–H groups in total. The summed E-state index contributed by atoms with van der Waals surface area (Å²) in [6.07, 6.45) is 6.13. The molecular weight excluding hydrogens is 452 g/mol. The first-order valence-corrected chi connectivity index (χ1v) is 12.4. The molecule has 0 spiro atoms. The van der Waals surface area contributed by atoms with E-state index in [1.54, 1.807) is 12.0 Å². The average Bonchev–Trinajstić information content (AvgIpc) is 3.23. The fraction of sp³-hybridized carbons (Fsp3) is 0.360. The van der Waals surface area contributed by atoms with E-state index in [-0.39, 0.29) is 18.1 Å². The Balaban J connectivity index is 1.12. The monoisotopic (exact) mass is 478 g/mol. The van der Waals surface area contributed by atoms with Crippen molar-refractivity contribution in [2.75, 3.05) is 29.6 Å². The van der Waals surface area contributed by atoms with Crippen LogP contribution in [0.25, 0.3) is 11.0 Å². The molecule has 1 aromatic carbocycles. The number of aromatic nitrogens is 2. The summed E-state index contributed by atoms with van der Waals surface area (Å²) in [6, 6.07) is 11.5. The molecule has 4 heterocycles. The third-order valence-corrected chi connectivity index (χ3v) is 7.18. The molecule has 0 saturated carbocycles. The van der Waals surface area contributed by atoms with E-state index in [4.69, 9.17) is 9.47 Å². The Morgan fingerprint density at radius 2 is 2.09 bits per heavy atom. The number of nitrogens with zero attached hydrogens (tertiary/aromatic N) is 3. The summed E-state index contributed by atoms with van der Waals surface area (Å²) in [5, 5.41) is 2.88. The third kappa shape index (κ3) is 4.79. The van der Waals surface area contributed by atoms with E-state index in [1.807, 2.05) is 42.6 Å². The molecule has 2 aliphatic heterocycles. The van der Waals surface area contributed by atoms with Gasteiger partial charge < -0.3 is 14.8 Å². The van der Waals surface area contributed by atoms with Gasteiger partial charge in [0.05, 0.1) is 36.1 Å². The van der Waals surface area contributed by atoms with E-state index in [0.717, 1.165) is 59.4 Å². The number of anilines is 2. The number of ether oxygens (including phenoxy) is 2. The number of amides is 2. The standard InChI is InChI=1S/C25H26N4O4S/c1-32-23-10-8-19-24(28-23)16(11-12-26-19)5-3-2-4-6-18-14-29(25(31)33-18)17-7-9-21-20(13-17)27-22(30)15-34-21/h7-13,18H,2-6,14-15H2,1H3,(H,27,30)/t18-/m1/s1. The van der Waals surface area contributed by atoms with Crippen molar-refractivity contribution in [2.24, 2.45) is 0 Å². The number of cyclic esters (lactones) is 1. The van der Waals surface area contributed by atoms with E-state index in [9.17, 15) is 9.59 Å². The number of rotatable bonds is 8. The smallest absolute Gasteiger partial charge is 0.414 e. The van der Waals surface area contributed by atoms with E-state index in [2.05, 4.69) is 15.3 Å². The minimum Gasteiger partial charge on any atom is -0.481 e. The van der Waals surface area contributed by atoms with Crippen LogP contribution in [-0.2, 0) is 16.0 Å². The number of nitrogens with one attached hydrogen (secondary N) is 1. The number of pyridine rings is 2. The minimum atomic E-state index is -0.331. The Morgan fingerprint density at radius 3 is 2.97 bits per heavy atom. The molecule has 0 aliphatic carbocycles. The Hall–Kier alpha value is -3.33. The molecule has 0 radical (unpaired) electrons. The van der Waals surface area contributed by atoms with Gasteiger partial charge in [0, 0.05) is 22.8 Å². The fourth-order valence-electron chi connectivity index (χ4n) is 4.36. The number of carbonyl (C=O) groups is 2. The van der Waals surface area contributed by atoms with Crippen molar-refractivity contribution in [3.05, 3.63) is 48.2 Å². The first-order chi connectivity index (χ1) is 16.6. The van der Waals surface area contributed by atoms with Gasteiger partial charge >= 0.3 is 6.09 Å². The van der Waals surface area contributed by atoms with Crippen molar-refractivity contribution in [1.82, 2.24) is 9.97 Å². The molecule has 176 valence electrons. The zero-order valence-electron chi connectivity index (χ0n) is 19.0. The zero-order chi connectivity index (χ0) is 23.5. The number of carbonyl (C=O) groups excluding carboxylic acids is 2. The van der Waals surface area contributed by atoms with Crippen molar-refractivity contribution in [2.45, 2.75) is 43.1 Å². The third-order valence-electron chi connectivity index (χ3n) is 6.11. The maximum absolute atomic E-state index is 12.5. The summed E-state index contributed by atoms with van der Waals surface area (Å²) >= 11 is 1.51. The van der Waals surface area contributed by atoms with Crippen molar-refractivity contribution >= 4 is 46.2 Å². The van der Waals surface area contributed by atoms with Crippen LogP contribution in [0.3, 0.4) is 0 Å². The highest BCUT2D eigenvalue weighted by Gasteiger charge is 2.32. The lowest BCUT2D eigenvalue weighted by Gasteiger charge is -2.19. The second kappa shape index (κ2) is 9.89. The van der Waals surface area contributed by atoms with Crippen LogP contribution in [0, 0.1) is 0 Å². The van der Waals surface area contributed by atoms with E-state index >= 15 is 0 Å². The maximum atomic E-state index is 12.5. The number of fused-ring (bicyclic) bond motifs is 2. The largest absolute Gasteiger partial charge is 0.481 e. The zero-order valence-corrected chi connectivity index (χ0v) is 19.8. The summed E-state index contributed by atoms with van der Waals surface area (Å²) in [4.78, 5) is 35.8. The van der Waals surface area contributed by atoms with Gasteiger partial charge in [0.25, 0.3) is 0 Å². The lowest BCUT2D eigenvalue weighted by molar-refractivity contribution is -0.113. The molecule has 8 nitrogen and oxygen atoms in total. The van der Waals surface area contributed by atoms with Crippen molar-refractivity contribution < 1.29 is 19.1 Å². The van der Waals surface area contributed by atoms with Gasteiger partial charge in [0.15, 0.2) is 0 Å². The lowest BCUT2D eigenvalue weighted by atomic mass is 10.0. The SMILES string of the molecule is COc1ccc2nccc(CCCCC[C@@H]3CN(c4ccc5c(c4)NC(=O)CS5)C(=O)O3)c2n1. The quantitative estimate of drug-likeness (QED) is 0.464. The van der Waals surface area contributed by atoms with Gasteiger partial charge in [-0.1, -0.05) is 6.42 Å². The molecular formula is C25H26N4O4S. The normalized spacial score (nSPS) is 17.4. The predicted molar refractivity (Wildman–Crippen MR) is 132 cm³/mol. The molecule has 1 saturated heterocycles. The molecule has 2 amide bonds. The van der Waals surface area contributed by atoms with E-state index in [0.29, 0.717) is 18.2 Å². The highest BCUT2D eigenvalue weighted by atomic mass is 32.2. The van der Waals surface area contributed by atoms with Gasteiger partial charge in [-0.25, -0.2) is 9.78 Å². The summed E-state index contributed by atoms with van der Waals surface area (Å²) in [5.74, 6) is 0.989. The molecule has 34 heavy (non-hydrogen) atoms. The summed E-state index contributed by atoms with van der Waals surface area (Å²) < 4.78 is 10.9. The number of hydrogen-bond acceptors (Lipinski definition) is 7. The van der Waals surface area contributed by atoms with E-state index < -0.39 is 0 Å². The molecule has 0 unspecified atom stereocenters. The highest BCUT2D eigenvalue weighted by molar-refractivity contribution is 8.00. The molecule has 1 fully saturated rings. The average molecular weight is 479 g/mol. The van der Waals surface area contributed by atoms with Crippen LogP contribution >= 0.6 is 11.8 Å². The fourth-order valence-corrected chi connectivity index (χ4v) is 5.15. The molecule has 3 aromatic rings. The topological polar surface area (TPSA) is 93.7 Å². The lowest BCUT2D eigenvalue weighted by Crippen LogP contribution is -2.25. The summed E-state index contributed by atoms with van der Waals surface area (Å²) in [7, 11) is 1.61. The highest BCUT2D eigenvalue weighted by Crippen LogP contribution is 2.35. The number of aryl methyl sites for hydroxylation is 1. The van der Waals surface area contributed by atoms with Crippen LogP contribution in [-0.4, -0.2) is 47.5 Å². The van der Waals surface area contributed by atoms with Crippen LogP contribution in [0.1, 0.15) is 31.2 Å². The first kappa shape index (κ1) is 22.5. The van der Waals surface area contributed by atoms with Gasteiger partial charge in [-0.05, 0) is 61.6 Å². The Labute approximate surface area is 202 Å². The number of benzene rings is 1. The molecule has 2 aromatic heterocycles. The number of thioether (sulfide) groups is 1. The van der Waals surface area contributed by atoms with Crippen LogP contribution in [0.5, 0.6) is 5.88 Å². The Kier molecular flexibility index (Phi) is 6.53. The van der Waals surface area contributed by atoms with Gasteiger partial charge in [-0.2, -0.15) is 0 Å². The molecule has 1 atom stereocenters. The van der Waals surface area contributed by atoms with Gasteiger partial charge in [0.2, 0.25) is 11.8 Å². The van der Waals surface area contributed by atoms with Gasteiger partial charge in [-0.15, -0.1) is 11.8 Å². The first-order valence-electron chi connectivity index (χ1n) is 11.4. The number of unbranched alkanes of at least 4 members (excludes halogenated alkanes) is 2. The van der Waals surface area contributed by atoms with Crippen LogP contribution in [0.15, 0.2) is 47.5 Å². The number of hydrogen-bond donors (Lipinski definition) is 1. The van der Waals surface area contributed by atoms with Crippen LogP contribution < -0.4 is 15.0 Å². The Morgan fingerprint density at radius 1 is 1.18 bits per heavy atom. The summed E-state index contributed by atoms with van der Waals surface area (Å²) in [6.45, 7) is 0.525. The van der Waals surface area contributed by atoms with E-state index in [1.165, 1.54) is 17.3 Å². The van der Waals surface area contributed by atoms with Crippen molar-refractivity contribution in [1.29, 1.82) is 0 Å². The second-order valence-corrected chi connectivity index (χ2v) is 9.44. The maximum Gasteiger partial charge on any atom is 0.414 e. The molecule has 5 rings (SSSR count). The molecule has 9 heteroatoms. The van der Waals surface area contributed by atoms with Gasteiger partial charge in [0.1, 0.15) is 6.10 Å². The minimum absolute atomic E-state index is 0.0220. The van der Waals surface area contributed by atoms with Crippen LogP contribution in [0.4, 0.5) is 16.2 Å². The molecule has 0 bridgehead atoms.